The standard InChI is InChI=1S/C16H24N2O2/c1-18-9-2-3-12(8-10-18)13-4-6-14(7-5-13)15(17)11-16(19)20/h4-7,12,15H,2-3,8-11,17H2,1H3,(H,19,20). The van der Waals surface area contributed by atoms with Crippen LogP contribution in [0.2, 0.25) is 0 Å². The summed E-state index contributed by atoms with van der Waals surface area (Å²) in [7, 11) is 2.18. The lowest BCUT2D eigenvalue weighted by atomic mass is 9.90. The highest BCUT2D eigenvalue weighted by Gasteiger charge is 2.17. The van der Waals surface area contributed by atoms with Crippen LogP contribution in [0.3, 0.4) is 0 Å². The van der Waals surface area contributed by atoms with Gasteiger partial charge in [-0.3, -0.25) is 4.79 Å². The molecule has 1 fully saturated rings. The summed E-state index contributed by atoms with van der Waals surface area (Å²) in [5.41, 5.74) is 8.14. The largest absolute Gasteiger partial charge is 0.481 e. The molecule has 4 nitrogen and oxygen atoms in total. The molecule has 110 valence electrons. The molecule has 1 aromatic carbocycles. The Labute approximate surface area is 120 Å². The summed E-state index contributed by atoms with van der Waals surface area (Å²) in [5, 5.41) is 8.78. The van der Waals surface area contributed by atoms with E-state index in [1.165, 1.54) is 31.4 Å². The Morgan fingerprint density at radius 1 is 1.35 bits per heavy atom. The van der Waals surface area contributed by atoms with Gasteiger partial charge in [-0.1, -0.05) is 24.3 Å². The lowest BCUT2D eigenvalue weighted by Gasteiger charge is -2.17. The Hall–Kier alpha value is -1.39. The maximum Gasteiger partial charge on any atom is 0.305 e. The summed E-state index contributed by atoms with van der Waals surface area (Å²) in [6, 6.07) is 7.79. The first-order valence-electron chi connectivity index (χ1n) is 7.32. The van der Waals surface area contributed by atoms with E-state index in [4.69, 9.17) is 10.8 Å². The lowest BCUT2D eigenvalue weighted by molar-refractivity contribution is -0.137. The van der Waals surface area contributed by atoms with Gasteiger partial charge in [0.05, 0.1) is 6.42 Å². The van der Waals surface area contributed by atoms with Crippen LogP contribution in [0.4, 0.5) is 0 Å². The summed E-state index contributed by atoms with van der Waals surface area (Å²) in [5.74, 6) is -0.238. The Bertz CT molecular complexity index is 444. The molecule has 1 saturated heterocycles. The number of nitrogens with two attached hydrogens (primary N) is 1. The SMILES string of the molecule is CN1CCCC(c2ccc(C(N)CC(=O)O)cc2)CC1. The third kappa shape index (κ3) is 4.05. The molecule has 1 aliphatic heterocycles. The maximum absolute atomic E-state index is 10.7. The van der Waals surface area contributed by atoms with Gasteiger partial charge in [-0.25, -0.2) is 0 Å². The zero-order valence-corrected chi connectivity index (χ0v) is 12.1. The van der Waals surface area contributed by atoms with E-state index in [9.17, 15) is 4.79 Å². The minimum absolute atomic E-state index is 0.0203. The summed E-state index contributed by atoms with van der Waals surface area (Å²) < 4.78 is 0. The van der Waals surface area contributed by atoms with Crippen LogP contribution in [-0.4, -0.2) is 36.1 Å². The Kier molecular flexibility index (Phi) is 5.15. The fraction of sp³-hybridized carbons (Fsp3) is 0.562. The van der Waals surface area contributed by atoms with Gasteiger partial charge in [0.2, 0.25) is 0 Å². The Balaban J connectivity index is 2.02. The molecule has 2 unspecified atom stereocenters. The number of benzene rings is 1. The van der Waals surface area contributed by atoms with Crippen LogP contribution < -0.4 is 5.73 Å². The molecule has 0 aromatic heterocycles. The molecule has 0 radical (unpaired) electrons. The smallest absolute Gasteiger partial charge is 0.305 e. The number of hydrogen-bond acceptors (Lipinski definition) is 3. The van der Waals surface area contributed by atoms with Crippen molar-refractivity contribution in [1.82, 2.24) is 4.90 Å². The van der Waals surface area contributed by atoms with Gasteiger partial charge in [0.25, 0.3) is 0 Å². The highest BCUT2D eigenvalue weighted by atomic mass is 16.4. The van der Waals surface area contributed by atoms with Crippen molar-refractivity contribution in [2.45, 2.75) is 37.6 Å². The topological polar surface area (TPSA) is 66.6 Å². The van der Waals surface area contributed by atoms with Crippen molar-refractivity contribution < 1.29 is 9.90 Å². The Morgan fingerprint density at radius 3 is 2.70 bits per heavy atom. The van der Waals surface area contributed by atoms with E-state index >= 15 is 0 Å². The number of aliphatic carboxylic acids is 1. The van der Waals surface area contributed by atoms with Crippen molar-refractivity contribution in [1.29, 1.82) is 0 Å². The molecule has 1 aromatic rings. The summed E-state index contributed by atoms with van der Waals surface area (Å²) in [4.78, 5) is 13.1. The van der Waals surface area contributed by atoms with E-state index in [-0.39, 0.29) is 6.42 Å². The van der Waals surface area contributed by atoms with E-state index in [1.807, 2.05) is 12.1 Å². The summed E-state index contributed by atoms with van der Waals surface area (Å²) in [6.07, 6.45) is 3.64. The predicted octanol–water partition coefficient (Wildman–Crippen LogP) is 2.36. The van der Waals surface area contributed by atoms with Gasteiger partial charge in [-0.05, 0) is 56.4 Å². The third-order valence-corrected chi connectivity index (χ3v) is 4.18. The summed E-state index contributed by atoms with van der Waals surface area (Å²) >= 11 is 0. The zero-order valence-electron chi connectivity index (χ0n) is 12.1. The van der Waals surface area contributed by atoms with Gasteiger partial charge in [0.15, 0.2) is 0 Å². The van der Waals surface area contributed by atoms with Crippen LogP contribution in [0, 0.1) is 0 Å². The third-order valence-electron chi connectivity index (χ3n) is 4.18. The van der Waals surface area contributed by atoms with Crippen LogP contribution >= 0.6 is 0 Å². The van der Waals surface area contributed by atoms with Gasteiger partial charge in [-0.2, -0.15) is 0 Å². The van der Waals surface area contributed by atoms with Crippen molar-refractivity contribution in [2.24, 2.45) is 5.73 Å². The van der Waals surface area contributed by atoms with Crippen molar-refractivity contribution >= 4 is 5.97 Å². The number of carbonyl (C=O) groups is 1. The van der Waals surface area contributed by atoms with Crippen molar-refractivity contribution in [3.8, 4) is 0 Å². The summed E-state index contributed by atoms with van der Waals surface area (Å²) in [6.45, 7) is 2.32. The van der Waals surface area contributed by atoms with E-state index < -0.39 is 12.0 Å². The quantitative estimate of drug-likeness (QED) is 0.886. The molecule has 1 heterocycles. The number of nitrogens with zero attached hydrogens (tertiary/aromatic N) is 1. The molecule has 3 N–H and O–H groups in total. The van der Waals surface area contributed by atoms with Crippen molar-refractivity contribution in [2.75, 3.05) is 20.1 Å². The molecule has 0 aliphatic carbocycles. The molecule has 4 heteroatoms. The van der Waals surface area contributed by atoms with Crippen molar-refractivity contribution in [3.63, 3.8) is 0 Å². The first-order valence-corrected chi connectivity index (χ1v) is 7.32. The van der Waals surface area contributed by atoms with Crippen LogP contribution in [0.1, 0.15) is 48.8 Å². The number of hydrogen-bond donors (Lipinski definition) is 2. The van der Waals surface area contributed by atoms with Gasteiger partial charge >= 0.3 is 5.97 Å². The van der Waals surface area contributed by atoms with Gasteiger partial charge in [-0.15, -0.1) is 0 Å². The van der Waals surface area contributed by atoms with Gasteiger partial charge in [0, 0.05) is 6.04 Å². The molecule has 0 saturated carbocycles. The minimum Gasteiger partial charge on any atom is -0.481 e. The molecule has 2 rings (SSSR count). The second kappa shape index (κ2) is 6.86. The van der Waals surface area contributed by atoms with E-state index in [1.54, 1.807) is 0 Å². The monoisotopic (exact) mass is 276 g/mol. The molecule has 0 amide bonds. The minimum atomic E-state index is -0.853. The van der Waals surface area contributed by atoms with Crippen LogP contribution in [0.15, 0.2) is 24.3 Å². The second-order valence-corrected chi connectivity index (χ2v) is 5.80. The molecular weight excluding hydrogens is 252 g/mol. The van der Waals surface area contributed by atoms with Crippen LogP contribution in [0.25, 0.3) is 0 Å². The number of carboxylic acid groups (broad SMARTS) is 1. The highest BCUT2D eigenvalue weighted by molar-refractivity contribution is 5.67. The molecule has 0 spiro atoms. The molecule has 2 atom stereocenters. The maximum atomic E-state index is 10.7. The molecule has 0 bridgehead atoms. The number of carboxylic acids is 1. The zero-order chi connectivity index (χ0) is 14.5. The fourth-order valence-electron chi connectivity index (χ4n) is 2.89. The molecular formula is C16H24N2O2. The average Bonchev–Trinajstić information content (AvgIpc) is 2.63. The lowest BCUT2D eigenvalue weighted by Crippen LogP contribution is -2.18. The second-order valence-electron chi connectivity index (χ2n) is 5.80. The average molecular weight is 276 g/mol. The molecule has 20 heavy (non-hydrogen) atoms. The first-order chi connectivity index (χ1) is 9.56. The normalized spacial score (nSPS) is 22.2. The van der Waals surface area contributed by atoms with Gasteiger partial charge in [0.1, 0.15) is 0 Å². The first kappa shape index (κ1) is 15.0. The number of likely N-dealkylation sites (tertiary alicyclic amines) is 1. The predicted molar refractivity (Wildman–Crippen MR) is 79.7 cm³/mol. The molecule has 1 aliphatic rings. The van der Waals surface area contributed by atoms with Crippen LogP contribution in [-0.2, 0) is 4.79 Å². The van der Waals surface area contributed by atoms with E-state index in [2.05, 4.69) is 24.1 Å². The van der Waals surface area contributed by atoms with E-state index in [0.29, 0.717) is 5.92 Å². The van der Waals surface area contributed by atoms with Crippen LogP contribution in [0.5, 0.6) is 0 Å². The highest BCUT2D eigenvalue weighted by Crippen LogP contribution is 2.28. The number of rotatable bonds is 4. The van der Waals surface area contributed by atoms with E-state index in [0.717, 1.165) is 12.1 Å². The van der Waals surface area contributed by atoms with Crippen molar-refractivity contribution in [3.05, 3.63) is 35.4 Å². The fourth-order valence-corrected chi connectivity index (χ4v) is 2.89. The van der Waals surface area contributed by atoms with Gasteiger partial charge < -0.3 is 15.7 Å². The Morgan fingerprint density at radius 2 is 2.05 bits per heavy atom.